The quantitative estimate of drug-likeness (QED) is 0.101. The Kier molecular flexibility index (Phi) is 10.9. The van der Waals surface area contributed by atoms with Crippen LogP contribution in [-0.4, -0.2) is 0 Å². The Hall–Kier alpha value is -9.38. The van der Waals surface area contributed by atoms with E-state index in [1.54, 1.807) is 0 Å². The maximum Gasteiger partial charge on any atom is 0.143 e. The highest BCUT2D eigenvalue weighted by atomic mass is 16.3. The van der Waals surface area contributed by atoms with Gasteiger partial charge in [-0.05, 0) is 118 Å². The van der Waals surface area contributed by atoms with E-state index in [1.165, 1.54) is 21.9 Å². The third-order valence-corrected chi connectivity index (χ3v) is 15.5. The minimum Gasteiger partial charge on any atom is -0.455 e. The van der Waals surface area contributed by atoms with E-state index in [9.17, 15) is 0 Å². The van der Waals surface area contributed by atoms with E-state index in [2.05, 4.69) is 268 Å². The molecule has 4 heteroatoms. The summed E-state index contributed by atoms with van der Waals surface area (Å²) in [6.07, 6.45) is 0. The summed E-state index contributed by atoms with van der Waals surface area (Å²) in [5.41, 5.74) is 16.9. The van der Waals surface area contributed by atoms with Crippen molar-refractivity contribution in [3.63, 3.8) is 0 Å². The summed E-state index contributed by atoms with van der Waals surface area (Å²) < 4.78 is 13.4. The summed E-state index contributed by atoms with van der Waals surface area (Å²) in [5.74, 6) is 0.645. The Bertz CT molecular complexity index is 4280. The molecule has 0 spiro atoms. The second-order valence-electron chi connectivity index (χ2n) is 20.8. The Morgan fingerprint density at radius 1 is 0.289 bits per heavy atom. The van der Waals surface area contributed by atoms with Gasteiger partial charge in [-0.25, -0.2) is 0 Å². The van der Waals surface area contributed by atoms with Gasteiger partial charge in [-0.2, -0.15) is 0 Å². The van der Waals surface area contributed by atoms with Gasteiger partial charge >= 0.3 is 0 Å². The van der Waals surface area contributed by atoms with Crippen molar-refractivity contribution < 1.29 is 8.83 Å². The van der Waals surface area contributed by atoms with Crippen molar-refractivity contribution in [3.05, 3.63) is 254 Å². The summed E-state index contributed by atoms with van der Waals surface area (Å²) in [7, 11) is 0. The highest BCUT2D eigenvalue weighted by molar-refractivity contribution is 6.25. The molecule has 0 fully saturated rings. The first-order valence-electron chi connectivity index (χ1n) is 26.5. The van der Waals surface area contributed by atoms with E-state index in [0.29, 0.717) is 11.8 Å². The molecular weight excluding hydrogens is 925 g/mol. The van der Waals surface area contributed by atoms with E-state index >= 15 is 0 Å². The van der Waals surface area contributed by atoms with Gasteiger partial charge in [-0.15, -0.1) is 0 Å². The van der Waals surface area contributed by atoms with Gasteiger partial charge in [0.1, 0.15) is 22.3 Å². The van der Waals surface area contributed by atoms with Gasteiger partial charge < -0.3 is 18.6 Å². The molecule has 14 aromatic rings. The van der Waals surface area contributed by atoms with Gasteiger partial charge in [0.25, 0.3) is 0 Å². The van der Waals surface area contributed by atoms with Crippen LogP contribution >= 0.6 is 0 Å². The second kappa shape index (κ2) is 18.2. The lowest BCUT2D eigenvalue weighted by atomic mass is 9.92. The molecule has 0 atom stereocenters. The number of fused-ring (bicyclic) bond motifs is 9. The molecular formula is C72H54N2O2. The Balaban J connectivity index is 1.06. The van der Waals surface area contributed by atoms with Crippen molar-refractivity contribution in [3.8, 4) is 22.3 Å². The molecule has 0 unspecified atom stereocenters. The minimum atomic E-state index is 0.323. The molecule has 76 heavy (non-hydrogen) atoms. The van der Waals surface area contributed by atoms with E-state index in [1.807, 2.05) is 12.1 Å². The summed E-state index contributed by atoms with van der Waals surface area (Å²) in [6, 6.07) is 88.6. The van der Waals surface area contributed by atoms with Gasteiger partial charge in [-0.3, -0.25) is 0 Å². The first-order chi connectivity index (χ1) is 37.3. The number of hydrogen-bond acceptors (Lipinski definition) is 4. The van der Waals surface area contributed by atoms with Crippen LogP contribution in [0.3, 0.4) is 0 Å². The van der Waals surface area contributed by atoms with Crippen molar-refractivity contribution in [1.29, 1.82) is 0 Å². The van der Waals surface area contributed by atoms with Crippen LogP contribution in [0, 0.1) is 0 Å². The normalized spacial score (nSPS) is 11.9. The highest BCUT2D eigenvalue weighted by Crippen LogP contribution is 2.53. The predicted molar refractivity (Wildman–Crippen MR) is 322 cm³/mol. The standard InChI is InChI=1S/C72H54N2O2/c1-45(2)47-21-13-25-53(39-47)73(55-27-15-23-51(41-55)57-33-17-35-63-59-29-9-11-37-67(59)75-71(57)63)69-61-31-7-8-32-62(61)70(66-44-50-20-6-5-19-49(50)43-65(66)69)74(54-26-14-22-48(40-54)46(3)4)56-28-16-24-52(42-56)58-34-18-36-64-60-30-10-12-38-68(60)76-72(58)64/h5-46H,1-4H3. The molecule has 0 amide bonds. The lowest BCUT2D eigenvalue weighted by Gasteiger charge is -2.33. The molecule has 0 bridgehead atoms. The van der Waals surface area contributed by atoms with Gasteiger partial charge in [0.15, 0.2) is 0 Å². The molecule has 0 saturated heterocycles. The molecule has 2 heterocycles. The zero-order valence-electron chi connectivity index (χ0n) is 43.0. The molecule has 14 rings (SSSR count). The van der Waals surface area contributed by atoms with Crippen molar-refractivity contribution in [2.75, 3.05) is 9.80 Å². The van der Waals surface area contributed by atoms with Crippen LogP contribution in [-0.2, 0) is 0 Å². The molecule has 0 aliphatic heterocycles. The molecule has 0 radical (unpaired) electrons. The fraction of sp³-hybridized carbons (Fsp3) is 0.0833. The van der Waals surface area contributed by atoms with Crippen LogP contribution in [0.1, 0.15) is 50.7 Å². The lowest BCUT2D eigenvalue weighted by Crippen LogP contribution is -2.15. The van der Waals surface area contributed by atoms with E-state index in [4.69, 9.17) is 8.83 Å². The van der Waals surface area contributed by atoms with Crippen LogP contribution in [0.15, 0.2) is 251 Å². The predicted octanol–water partition coefficient (Wildman–Crippen LogP) is 21.5. The third-order valence-electron chi connectivity index (χ3n) is 15.5. The maximum atomic E-state index is 6.68. The fourth-order valence-corrected chi connectivity index (χ4v) is 11.7. The van der Waals surface area contributed by atoms with Crippen molar-refractivity contribution in [1.82, 2.24) is 0 Å². The Morgan fingerprint density at radius 2 is 0.645 bits per heavy atom. The maximum absolute atomic E-state index is 6.68. The molecule has 364 valence electrons. The van der Waals surface area contributed by atoms with Gasteiger partial charge in [0, 0.05) is 77.0 Å². The lowest BCUT2D eigenvalue weighted by molar-refractivity contribution is 0.669. The van der Waals surface area contributed by atoms with Crippen molar-refractivity contribution in [2.24, 2.45) is 0 Å². The minimum absolute atomic E-state index is 0.323. The number of benzene rings is 12. The zero-order valence-corrected chi connectivity index (χ0v) is 43.0. The molecule has 0 aliphatic carbocycles. The van der Waals surface area contributed by atoms with E-state index in [0.717, 1.165) is 122 Å². The average molecular weight is 979 g/mol. The number of nitrogens with zero attached hydrogens (tertiary/aromatic N) is 2. The van der Waals surface area contributed by atoms with E-state index in [-0.39, 0.29) is 0 Å². The van der Waals surface area contributed by atoms with Gasteiger partial charge in [-0.1, -0.05) is 198 Å². The Morgan fingerprint density at radius 3 is 1.08 bits per heavy atom. The molecule has 0 saturated carbocycles. The Labute approximate surface area is 442 Å². The van der Waals surface area contributed by atoms with Crippen molar-refractivity contribution in [2.45, 2.75) is 39.5 Å². The topological polar surface area (TPSA) is 32.8 Å². The number of furan rings is 2. The third kappa shape index (κ3) is 7.51. The summed E-state index contributed by atoms with van der Waals surface area (Å²) in [5, 5.41) is 11.4. The summed E-state index contributed by atoms with van der Waals surface area (Å²) in [6.45, 7) is 9.11. The van der Waals surface area contributed by atoms with Crippen LogP contribution < -0.4 is 9.80 Å². The van der Waals surface area contributed by atoms with Gasteiger partial charge in [0.2, 0.25) is 0 Å². The van der Waals surface area contributed by atoms with Crippen molar-refractivity contribution >= 4 is 110 Å². The molecule has 4 nitrogen and oxygen atoms in total. The van der Waals surface area contributed by atoms with Crippen LogP contribution in [0.4, 0.5) is 34.1 Å². The molecule has 0 N–H and O–H groups in total. The summed E-state index contributed by atoms with van der Waals surface area (Å²) >= 11 is 0. The zero-order chi connectivity index (χ0) is 51.0. The molecule has 2 aromatic heterocycles. The monoisotopic (exact) mass is 978 g/mol. The first kappa shape index (κ1) is 45.3. The first-order valence-corrected chi connectivity index (χ1v) is 26.5. The fourth-order valence-electron chi connectivity index (χ4n) is 11.7. The second-order valence-corrected chi connectivity index (χ2v) is 20.8. The molecule has 12 aromatic carbocycles. The van der Waals surface area contributed by atoms with Gasteiger partial charge in [0.05, 0.1) is 11.4 Å². The summed E-state index contributed by atoms with van der Waals surface area (Å²) in [4.78, 5) is 5.02. The van der Waals surface area contributed by atoms with Crippen LogP contribution in [0.5, 0.6) is 0 Å². The number of hydrogen-bond donors (Lipinski definition) is 0. The number of rotatable bonds is 10. The van der Waals surface area contributed by atoms with Crippen LogP contribution in [0.2, 0.25) is 0 Å². The number of para-hydroxylation sites is 4. The largest absolute Gasteiger partial charge is 0.455 e. The van der Waals surface area contributed by atoms with E-state index < -0.39 is 0 Å². The smallest absolute Gasteiger partial charge is 0.143 e. The average Bonchev–Trinajstić information content (AvgIpc) is 4.17. The van der Waals surface area contributed by atoms with Crippen LogP contribution in [0.25, 0.3) is 98.4 Å². The number of anilines is 6. The SMILES string of the molecule is CC(C)c1cccc(N(c2cccc(-c3cccc4c3oc3ccccc34)c2)c2c3ccccc3c(N(c3cccc(-c4cccc5c4oc4ccccc45)c3)c3cccc(C(C)C)c3)c3cc4ccccc4cc23)c1. The molecule has 0 aliphatic rings. The highest BCUT2D eigenvalue weighted by Gasteiger charge is 2.28.